The van der Waals surface area contributed by atoms with Gasteiger partial charge in [-0.25, -0.2) is 10.2 Å². The zero-order valence-corrected chi connectivity index (χ0v) is 20.4. The van der Waals surface area contributed by atoms with Gasteiger partial charge in [0.25, 0.3) is 11.6 Å². The number of benzene rings is 3. The van der Waals surface area contributed by atoms with Gasteiger partial charge in [0.15, 0.2) is 0 Å². The summed E-state index contributed by atoms with van der Waals surface area (Å²) in [5, 5.41) is 28.9. The molecule has 0 aliphatic heterocycles. The van der Waals surface area contributed by atoms with E-state index in [1.54, 1.807) is 19.1 Å². The molecule has 39 heavy (non-hydrogen) atoms. The Kier molecular flexibility index (Phi) is 9.29. The lowest BCUT2D eigenvalue weighted by Gasteiger charge is -2.07. The van der Waals surface area contributed by atoms with Crippen molar-refractivity contribution in [3.05, 3.63) is 110 Å². The Morgan fingerprint density at radius 2 is 1.69 bits per heavy atom. The fourth-order valence-electron chi connectivity index (χ4n) is 3.12. The van der Waals surface area contributed by atoms with Gasteiger partial charge < -0.3 is 10.1 Å². The molecular weight excluding hydrogens is 510 g/mol. The molecule has 3 rings (SSSR count). The highest BCUT2D eigenvalue weighted by atomic mass is 16.6. The van der Waals surface area contributed by atoms with Crippen LogP contribution < -0.4 is 15.5 Å². The molecule has 0 atom stereocenters. The van der Waals surface area contributed by atoms with E-state index in [9.17, 15) is 34.6 Å². The molecule has 0 aliphatic rings. The van der Waals surface area contributed by atoms with Crippen LogP contribution in [0.5, 0.6) is 5.75 Å². The van der Waals surface area contributed by atoms with E-state index in [0.29, 0.717) is 17.7 Å². The van der Waals surface area contributed by atoms with Crippen molar-refractivity contribution in [3.8, 4) is 5.75 Å². The first-order chi connectivity index (χ1) is 18.7. The van der Waals surface area contributed by atoms with Crippen molar-refractivity contribution in [2.45, 2.75) is 13.3 Å². The molecule has 0 saturated carbocycles. The second-order valence-electron chi connectivity index (χ2n) is 7.74. The minimum Gasteiger partial charge on any atom is -0.415 e. The van der Waals surface area contributed by atoms with Crippen LogP contribution in [0, 0.1) is 20.2 Å². The number of hydrazone groups is 1. The number of non-ortho nitro benzene ring substituents is 1. The highest BCUT2D eigenvalue weighted by molar-refractivity contribution is 5.97. The predicted octanol–water partition coefficient (Wildman–Crippen LogP) is 4.23. The molecule has 13 nitrogen and oxygen atoms in total. The van der Waals surface area contributed by atoms with E-state index >= 15 is 0 Å². The van der Waals surface area contributed by atoms with Gasteiger partial charge in [0, 0.05) is 47.5 Å². The van der Waals surface area contributed by atoms with E-state index < -0.39 is 33.2 Å². The van der Waals surface area contributed by atoms with Crippen molar-refractivity contribution < 1.29 is 29.0 Å². The number of ether oxygens (including phenoxy) is 1. The number of carbonyl (C=O) groups is 3. The molecule has 3 aromatic carbocycles. The van der Waals surface area contributed by atoms with E-state index in [2.05, 4.69) is 15.8 Å². The molecule has 0 heterocycles. The quantitative estimate of drug-likeness (QED) is 0.0972. The van der Waals surface area contributed by atoms with Crippen LogP contribution in [0.1, 0.15) is 34.8 Å². The lowest BCUT2D eigenvalue weighted by atomic mass is 10.2. The van der Waals surface area contributed by atoms with Gasteiger partial charge in [-0.15, -0.1) is 0 Å². The van der Waals surface area contributed by atoms with E-state index in [1.807, 2.05) is 0 Å². The van der Waals surface area contributed by atoms with Crippen molar-refractivity contribution in [3.63, 3.8) is 0 Å². The number of esters is 1. The number of nitrogens with zero attached hydrogens (tertiary/aromatic N) is 3. The summed E-state index contributed by atoms with van der Waals surface area (Å²) < 4.78 is 5.19. The fourth-order valence-corrected chi connectivity index (χ4v) is 3.12. The first-order valence-electron chi connectivity index (χ1n) is 11.3. The minimum absolute atomic E-state index is 0.0271. The van der Waals surface area contributed by atoms with Crippen LogP contribution in [0.3, 0.4) is 0 Å². The summed E-state index contributed by atoms with van der Waals surface area (Å²) in [6.45, 7) is 1.71. The number of hydrogen-bond donors (Lipinski definition) is 2. The molecule has 0 fully saturated rings. The van der Waals surface area contributed by atoms with Crippen molar-refractivity contribution in [1.82, 2.24) is 5.43 Å². The first kappa shape index (κ1) is 27.9. The zero-order valence-electron chi connectivity index (χ0n) is 20.4. The minimum atomic E-state index is -0.982. The number of carbonyl (C=O) groups excluding carboxylic acids is 3. The summed E-state index contributed by atoms with van der Waals surface area (Å²) in [6.07, 6.45) is 3.61. The summed E-state index contributed by atoms with van der Waals surface area (Å²) in [4.78, 5) is 57.3. The maximum Gasteiger partial charge on any atom is 0.336 e. The van der Waals surface area contributed by atoms with E-state index in [0.717, 1.165) is 18.4 Å². The van der Waals surface area contributed by atoms with Gasteiger partial charge >= 0.3 is 11.7 Å². The fraction of sp³-hybridized carbons (Fsp3) is 0.0769. The van der Waals surface area contributed by atoms with Crippen molar-refractivity contribution in [2.24, 2.45) is 5.10 Å². The van der Waals surface area contributed by atoms with Crippen LogP contribution in [0.2, 0.25) is 0 Å². The molecule has 13 heteroatoms. The Morgan fingerprint density at radius 3 is 2.36 bits per heavy atom. The second-order valence-corrected chi connectivity index (χ2v) is 7.74. The monoisotopic (exact) mass is 531 g/mol. The van der Waals surface area contributed by atoms with Gasteiger partial charge in [-0.1, -0.05) is 25.1 Å². The number of nitrogens with one attached hydrogen (secondary N) is 2. The molecule has 2 amide bonds. The molecule has 0 radical (unpaired) electrons. The standard InChI is InChI=1S/C26H21N5O8/c1-2-23(32)28-20-12-10-18(11-13-20)26(34)29-27-16-19-6-4-8-22(31(37)38)25(19)39-24(33)14-9-17-5-3-7-21(15-17)30(35)36/h3-16H,2H2,1H3,(H,28,32)(H,29,34)/b14-9+,27-16+. The Bertz CT molecular complexity index is 1480. The molecule has 0 saturated heterocycles. The highest BCUT2D eigenvalue weighted by Crippen LogP contribution is 2.30. The number of nitro groups is 2. The Balaban J connectivity index is 1.74. The third kappa shape index (κ3) is 7.88. The lowest BCUT2D eigenvalue weighted by molar-refractivity contribution is -0.385. The smallest absolute Gasteiger partial charge is 0.336 e. The van der Waals surface area contributed by atoms with Crippen LogP contribution in [0.25, 0.3) is 6.08 Å². The van der Waals surface area contributed by atoms with Gasteiger partial charge in [-0.05, 0) is 42.0 Å². The van der Waals surface area contributed by atoms with Gasteiger partial charge in [0.05, 0.1) is 16.1 Å². The molecule has 2 N–H and O–H groups in total. The summed E-state index contributed by atoms with van der Waals surface area (Å²) in [7, 11) is 0. The van der Waals surface area contributed by atoms with Crippen molar-refractivity contribution in [1.29, 1.82) is 0 Å². The third-order valence-corrected chi connectivity index (χ3v) is 5.04. The molecular formula is C26H21N5O8. The molecule has 0 spiro atoms. The normalized spacial score (nSPS) is 10.8. The second kappa shape index (κ2) is 13.0. The Hall–Kier alpha value is -5.72. The molecule has 0 unspecified atom stereocenters. The van der Waals surface area contributed by atoms with Crippen LogP contribution in [0.15, 0.2) is 77.9 Å². The molecule has 198 valence electrons. The molecule has 0 bridgehead atoms. The average Bonchev–Trinajstić information content (AvgIpc) is 2.92. The zero-order chi connectivity index (χ0) is 28.4. The van der Waals surface area contributed by atoms with Crippen molar-refractivity contribution in [2.75, 3.05) is 5.32 Å². The van der Waals surface area contributed by atoms with E-state index in [-0.39, 0.29) is 22.7 Å². The van der Waals surface area contributed by atoms with Crippen molar-refractivity contribution >= 4 is 47.1 Å². The summed E-state index contributed by atoms with van der Waals surface area (Å²) in [5.41, 5.74) is 2.70. The topological polar surface area (TPSA) is 183 Å². The van der Waals surface area contributed by atoms with Gasteiger partial charge in [0.2, 0.25) is 11.7 Å². The van der Waals surface area contributed by atoms with Gasteiger partial charge in [0.1, 0.15) is 0 Å². The predicted molar refractivity (Wildman–Crippen MR) is 141 cm³/mol. The first-order valence-corrected chi connectivity index (χ1v) is 11.3. The van der Waals surface area contributed by atoms with E-state index in [4.69, 9.17) is 4.74 Å². The number of nitro benzene ring substituents is 2. The average molecular weight is 531 g/mol. The van der Waals surface area contributed by atoms with Crippen LogP contribution >= 0.6 is 0 Å². The van der Waals surface area contributed by atoms with Crippen LogP contribution in [-0.2, 0) is 9.59 Å². The Morgan fingerprint density at radius 1 is 0.974 bits per heavy atom. The maximum absolute atomic E-state index is 12.4. The Labute approximate surface area is 221 Å². The molecule has 0 aliphatic carbocycles. The SMILES string of the molecule is CCC(=O)Nc1ccc(C(=O)N/N=C/c2cccc([N+](=O)[O-])c2OC(=O)/C=C/c2cccc([N+](=O)[O-])c2)cc1. The van der Waals surface area contributed by atoms with Gasteiger partial charge in [-0.3, -0.25) is 29.8 Å². The highest BCUT2D eigenvalue weighted by Gasteiger charge is 2.20. The van der Waals surface area contributed by atoms with Crippen LogP contribution in [0.4, 0.5) is 17.1 Å². The number of amides is 2. The third-order valence-electron chi connectivity index (χ3n) is 5.04. The molecule has 3 aromatic rings. The van der Waals surface area contributed by atoms with Crippen LogP contribution in [-0.4, -0.2) is 33.8 Å². The summed E-state index contributed by atoms with van der Waals surface area (Å²) in [5.74, 6) is -2.16. The van der Waals surface area contributed by atoms with E-state index in [1.165, 1.54) is 54.6 Å². The number of para-hydroxylation sites is 1. The number of anilines is 1. The largest absolute Gasteiger partial charge is 0.415 e. The lowest BCUT2D eigenvalue weighted by Crippen LogP contribution is -2.18. The summed E-state index contributed by atoms with van der Waals surface area (Å²) >= 11 is 0. The maximum atomic E-state index is 12.4. The summed E-state index contributed by atoms with van der Waals surface area (Å²) in [6, 6.07) is 15.4. The number of hydrogen-bond acceptors (Lipinski definition) is 9. The molecule has 0 aromatic heterocycles. The van der Waals surface area contributed by atoms with Gasteiger partial charge in [-0.2, -0.15) is 5.10 Å². The number of rotatable bonds is 10.